The standard InChI is InChI=1S/C20H16BrNO5S2/c1-25-15-8-12(14(21)10-16(15)27-11-18(23)26-2)9-17-19(24)22(20(28)29-17)13-6-4-3-5-7-13/h3-10H,11H2,1-2H3/b17-9+. The van der Waals surface area contributed by atoms with E-state index in [0.717, 1.165) is 5.69 Å². The molecule has 0 saturated carbocycles. The van der Waals surface area contributed by atoms with E-state index in [1.807, 2.05) is 30.3 Å². The summed E-state index contributed by atoms with van der Waals surface area (Å²) in [7, 11) is 2.78. The molecule has 2 aromatic carbocycles. The van der Waals surface area contributed by atoms with Gasteiger partial charge in [0.2, 0.25) is 0 Å². The molecule has 6 nitrogen and oxygen atoms in total. The number of methoxy groups -OCH3 is 2. The van der Waals surface area contributed by atoms with E-state index in [4.69, 9.17) is 21.7 Å². The molecule has 0 radical (unpaired) electrons. The van der Waals surface area contributed by atoms with Crippen molar-refractivity contribution >= 4 is 67.9 Å². The lowest BCUT2D eigenvalue weighted by Gasteiger charge is -2.14. The third-order valence-corrected chi connectivity index (χ3v) is 5.94. The van der Waals surface area contributed by atoms with E-state index in [1.165, 1.54) is 30.9 Å². The number of amides is 1. The molecule has 2 aromatic rings. The summed E-state index contributed by atoms with van der Waals surface area (Å²) >= 11 is 10.1. The van der Waals surface area contributed by atoms with Gasteiger partial charge in [0, 0.05) is 4.47 Å². The number of thiocarbonyl (C=S) groups is 1. The quantitative estimate of drug-likeness (QED) is 0.335. The molecule has 1 amide bonds. The zero-order valence-corrected chi connectivity index (χ0v) is 18.7. The van der Waals surface area contributed by atoms with Crippen LogP contribution in [-0.2, 0) is 14.3 Å². The van der Waals surface area contributed by atoms with Crippen molar-refractivity contribution in [3.63, 3.8) is 0 Å². The van der Waals surface area contributed by atoms with Crippen LogP contribution in [0, 0.1) is 0 Å². The molecule has 1 aliphatic heterocycles. The number of para-hydroxylation sites is 1. The largest absolute Gasteiger partial charge is 0.493 e. The number of halogens is 1. The topological polar surface area (TPSA) is 65.1 Å². The molecule has 3 rings (SSSR count). The SMILES string of the molecule is COC(=O)COc1cc(Br)c(/C=C2/SC(=S)N(c3ccccc3)C2=O)cc1OC. The van der Waals surface area contributed by atoms with Gasteiger partial charge >= 0.3 is 5.97 Å². The van der Waals surface area contributed by atoms with Gasteiger partial charge in [-0.05, 0) is 35.9 Å². The van der Waals surface area contributed by atoms with Crippen molar-refractivity contribution in [1.29, 1.82) is 0 Å². The Labute approximate surface area is 185 Å². The van der Waals surface area contributed by atoms with Gasteiger partial charge in [0.25, 0.3) is 5.91 Å². The smallest absolute Gasteiger partial charge is 0.343 e. The van der Waals surface area contributed by atoms with Crippen LogP contribution in [0.15, 0.2) is 51.8 Å². The van der Waals surface area contributed by atoms with Crippen LogP contribution in [0.25, 0.3) is 6.08 Å². The number of benzene rings is 2. The van der Waals surface area contributed by atoms with Crippen molar-refractivity contribution < 1.29 is 23.8 Å². The maximum Gasteiger partial charge on any atom is 0.343 e. The second-order valence-electron chi connectivity index (χ2n) is 5.74. The third kappa shape index (κ3) is 4.80. The Bertz CT molecular complexity index is 994. The van der Waals surface area contributed by atoms with E-state index in [9.17, 15) is 9.59 Å². The molecular weight excluding hydrogens is 478 g/mol. The Hall–Kier alpha value is -2.36. The molecule has 0 unspecified atom stereocenters. The Kier molecular flexibility index (Phi) is 6.94. The second kappa shape index (κ2) is 9.43. The van der Waals surface area contributed by atoms with Crippen molar-refractivity contribution in [2.75, 3.05) is 25.7 Å². The van der Waals surface area contributed by atoms with E-state index >= 15 is 0 Å². The lowest BCUT2D eigenvalue weighted by Crippen LogP contribution is -2.27. The minimum absolute atomic E-state index is 0.192. The summed E-state index contributed by atoms with van der Waals surface area (Å²) in [5.41, 5.74) is 1.43. The molecule has 29 heavy (non-hydrogen) atoms. The second-order valence-corrected chi connectivity index (χ2v) is 8.27. The monoisotopic (exact) mass is 493 g/mol. The predicted molar refractivity (Wildman–Crippen MR) is 120 cm³/mol. The summed E-state index contributed by atoms with van der Waals surface area (Å²) in [6, 6.07) is 12.6. The van der Waals surface area contributed by atoms with E-state index in [-0.39, 0.29) is 12.5 Å². The van der Waals surface area contributed by atoms with E-state index < -0.39 is 5.97 Å². The fourth-order valence-corrected chi connectivity index (χ4v) is 4.26. The predicted octanol–water partition coefficient (Wildman–Crippen LogP) is 4.42. The Balaban J connectivity index is 1.89. The highest BCUT2D eigenvalue weighted by Gasteiger charge is 2.33. The van der Waals surface area contributed by atoms with Crippen LogP contribution < -0.4 is 14.4 Å². The fraction of sp³-hybridized carbons (Fsp3) is 0.150. The summed E-state index contributed by atoms with van der Waals surface area (Å²) < 4.78 is 16.5. The maximum absolute atomic E-state index is 12.9. The molecule has 1 heterocycles. The Morgan fingerprint density at radius 3 is 2.59 bits per heavy atom. The van der Waals surface area contributed by atoms with Gasteiger partial charge in [0.1, 0.15) is 0 Å². The first kappa shape index (κ1) is 21.4. The number of carbonyl (C=O) groups is 2. The van der Waals surface area contributed by atoms with Crippen molar-refractivity contribution in [3.8, 4) is 11.5 Å². The van der Waals surface area contributed by atoms with Crippen LogP contribution in [-0.4, -0.2) is 37.0 Å². The Morgan fingerprint density at radius 2 is 1.93 bits per heavy atom. The number of esters is 1. The Morgan fingerprint density at radius 1 is 1.21 bits per heavy atom. The van der Waals surface area contributed by atoms with Crippen LogP contribution in [0.5, 0.6) is 11.5 Å². The van der Waals surface area contributed by atoms with Crippen molar-refractivity contribution in [2.24, 2.45) is 0 Å². The molecule has 0 aromatic heterocycles. The number of hydrogen-bond donors (Lipinski definition) is 0. The van der Waals surface area contributed by atoms with Crippen molar-refractivity contribution in [1.82, 2.24) is 0 Å². The number of anilines is 1. The zero-order valence-electron chi connectivity index (χ0n) is 15.5. The highest BCUT2D eigenvalue weighted by atomic mass is 79.9. The molecule has 1 saturated heterocycles. The number of rotatable bonds is 6. The minimum Gasteiger partial charge on any atom is -0.493 e. The number of ether oxygens (including phenoxy) is 3. The maximum atomic E-state index is 12.9. The number of carbonyl (C=O) groups excluding carboxylic acids is 2. The average Bonchev–Trinajstić information content (AvgIpc) is 3.01. The first-order chi connectivity index (χ1) is 13.9. The summed E-state index contributed by atoms with van der Waals surface area (Å²) in [6.07, 6.45) is 1.74. The highest BCUT2D eigenvalue weighted by molar-refractivity contribution is 9.10. The number of thioether (sulfide) groups is 1. The first-order valence-corrected chi connectivity index (χ1v) is 10.4. The van der Waals surface area contributed by atoms with Gasteiger partial charge in [-0.3, -0.25) is 9.69 Å². The van der Waals surface area contributed by atoms with Gasteiger partial charge < -0.3 is 14.2 Å². The third-order valence-electron chi connectivity index (χ3n) is 3.95. The molecule has 0 atom stereocenters. The summed E-state index contributed by atoms with van der Waals surface area (Å²) in [5.74, 6) is 0.0978. The van der Waals surface area contributed by atoms with Gasteiger partial charge in [-0.25, -0.2) is 4.79 Å². The molecule has 1 fully saturated rings. The lowest BCUT2D eigenvalue weighted by molar-refractivity contribution is -0.142. The van der Waals surface area contributed by atoms with E-state index in [2.05, 4.69) is 20.7 Å². The van der Waals surface area contributed by atoms with Gasteiger partial charge in [-0.15, -0.1) is 0 Å². The number of nitrogens with zero attached hydrogens (tertiary/aromatic N) is 1. The first-order valence-electron chi connectivity index (χ1n) is 8.34. The van der Waals surface area contributed by atoms with Crippen LogP contribution in [0.4, 0.5) is 5.69 Å². The molecule has 1 aliphatic rings. The van der Waals surface area contributed by atoms with Crippen LogP contribution in [0.3, 0.4) is 0 Å². The van der Waals surface area contributed by atoms with E-state index in [0.29, 0.717) is 30.8 Å². The molecule has 0 aliphatic carbocycles. The zero-order chi connectivity index (χ0) is 21.0. The van der Waals surface area contributed by atoms with Gasteiger partial charge in [0.15, 0.2) is 22.4 Å². The molecule has 0 N–H and O–H groups in total. The molecule has 9 heteroatoms. The summed E-state index contributed by atoms with van der Waals surface area (Å²) in [5, 5.41) is 0. The molecular formula is C20H16BrNO5S2. The van der Waals surface area contributed by atoms with Gasteiger partial charge in [-0.2, -0.15) is 0 Å². The summed E-state index contributed by atoms with van der Waals surface area (Å²) in [6.45, 7) is -0.242. The van der Waals surface area contributed by atoms with Crippen LogP contribution in [0.2, 0.25) is 0 Å². The lowest BCUT2D eigenvalue weighted by atomic mass is 10.1. The van der Waals surface area contributed by atoms with Gasteiger partial charge in [0.05, 0.1) is 24.8 Å². The van der Waals surface area contributed by atoms with Crippen molar-refractivity contribution in [2.45, 2.75) is 0 Å². The molecule has 0 bridgehead atoms. The molecule has 150 valence electrons. The average molecular weight is 494 g/mol. The van der Waals surface area contributed by atoms with Crippen LogP contribution >= 0.6 is 39.9 Å². The van der Waals surface area contributed by atoms with Crippen LogP contribution in [0.1, 0.15) is 5.56 Å². The fourth-order valence-electron chi connectivity index (χ4n) is 2.54. The van der Waals surface area contributed by atoms with Gasteiger partial charge in [-0.1, -0.05) is 58.1 Å². The highest BCUT2D eigenvalue weighted by Crippen LogP contribution is 2.39. The normalized spacial score (nSPS) is 15.0. The van der Waals surface area contributed by atoms with E-state index in [1.54, 1.807) is 18.2 Å². The summed E-state index contributed by atoms with van der Waals surface area (Å²) in [4.78, 5) is 26.2. The number of hydrogen-bond acceptors (Lipinski definition) is 7. The van der Waals surface area contributed by atoms with Crippen molar-refractivity contribution in [3.05, 3.63) is 57.4 Å². The molecule has 0 spiro atoms. The minimum atomic E-state index is -0.503.